The van der Waals surface area contributed by atoms with Gasteiger partial charge in [0.05, 0.1) is 18.4 Å². The number of hydrogen-bond acceptors (Lipinski definition) is 3. The fraction of sp³-hybridized carbons (Fsp3) is 0.429. The Balaban J connectivity index is 1.58. The summed E-state index contributed by atoms with van der Waals surface area (Å²) >= 11 is 6.00. The van der Waals surface area contributed by atoms with E-state index in [-0.39, 0.29) is 5.82 Å². The first-order valence-corrected chi connectivity index (χ1v) is 7.12. The molecule has 1 aromatic heterocycles. The lowest BCUT2D eigenvalue weighted by atomic mass is 10.2. The number of halogens is 2. The minimum Gasteiger partial charge on any atom is -0.311 e. The predicted octanol–water partition coefficient (Wildman–Crippen LogP) is 2.62. The maximum Gasteiger partial charge on any atom is 0.124 e. The quantitative estimate of drug-likeness (QED) is 0.890. The standard InChI is InChI=1S/C14H16ClFN4/c15-14-5-12(16)4-3-11(14)8-20-9-13(18-19-20)7-17-6-10-1-2-10/h3-5,9-10,17H,1-2,6-8H2. The number of nitrogens with zero attached hydrogens (tertiary/aromatic N) is 3. The molecule has 6 heteroatoms. The third-order valence-electron chi connectivity index (χ3n) is 3.37. The largest absolute Gasteiger partial charge is 0.311 e. The van der Waals surface area contributed by atoms with E-state index in [1.54, 1.807) is 10.7 Å². The summed E-state index contributed by atoms with van der Waals surface area (Å²) in [6, 6.07) is 4.38. The summed E-state index contributed by atoms with van der Waals surface area (Å²) < 4.78 is 14.7. The minimum atomic E-state index is -0.331. The van der Waals surface area contributed by atoms with Crippen molar-refractivity contribution in [1.29, 1.82) is 0 Å². The first-order chi connectivity index (χ1) is 9.70. The van der Waals surface area contributed by atoms with Gasteiger partial charge in [0.2, 0.25) is 0 Å². The summed E-state index contributed by atoms with van der Waals surface area (Å²) in [6.07, 6.45) is 4.56. The van der Waals surface area contributed by atoms with Crippen LogP contribution in [0.4, 0.5) is 4.39 Å². The van der Waals surface area contributed by atoms with Crippen LogP contribution in [-0.4, -0.2) is 21.5 Å². The van der Waals surface area contributed by atoms with Gasteiger partial charge in [0.15, 0.2) is 0 Å². The highest BCUT2D eigenvalue weighted by Crippen LogP contribution is 2.27. The lowest BCUT2D eigenvalue weighted by molar-refractivity contribution is 0.620. The highest BCUT2D eigenvalue weighted by molar-refractivity contribution is 6.31. The van der Waals surface area contributed by atoms with Gasteiger partial charge in [0.25, 0.3) is 0 Å². The van der Waals surface area contributed by atoms with Crippen molar-refractivity contribution < 1.29 is 4.39 Å². The Morgan fingerprint density at radius 1 is 1.40 bits per heavy atom. The average Bonchev–Trinajstić information content (AvgIpc) is 3.12. The van der Waals surface area contributed by atoms with E-state index in [2.05, 4.69) is 15.6 Å². The van der Waals surface area contributed by atoms with Crippen LogP contribution in [-0.2, 0) is 13.1 Å². The fourth-order valence-electron chi connectivity index (χ4n) is 2.05. The fourth-order valence-corrected chi connectivity index (χ4v) is 2.27. The van der Waals surface area contributed by atoms with Crippen LogP contribution >= 0.6 is 11.6 Å². The van der Waals surface area contributed by atoms with Gasteiger partial charge in [-0.2, -0.15) is 0 Å². The van der Waals surface area contributed by atoms with Gasteiger partial charge in [-0.25, -0.2) is 9.07 Å². The molecule has 0 radical (unpaired) electrons. The molecule has 0 saturated heterocycles. The molecule has 1 aliphatic rings. The number of aromatic nitrogens is 3. The van der Waals surface area contributed by atoms with Crippen molar-refractivity contribution in [2.24, 2.45) is 5.92 Å². The summed E-state index contributed by atoms with van der Waals surface area (Å²) in [5.74, 6) is 0.519. The Bertz CT molecular complexity index is 595. The Kier molecular flexibility index (Phi) is 3.98. The molecule has 1 aliphatic carbocycles. The van der Waals surface area contributed by atoms with Crippen molar-refractivity contribution in [2.45, 2.75) is 25.9 Å². The smallest absolute Gasteiger partial charge is 0.124 e. The molecule has 1 heterocycles. The Morgan fingerprint density at radius 2 is 2.25 bits per heavy atom. The molecule has 0 spiro atoms. The molecule has 0 bridgehead atoms. The van der Waals surface area contributed by atoms with Gasteiger partial charge >= 0.3 is 0 Å². The molecule has 1 aromatic carbocycles. The molecule has 0 atom stereocenters. The van der Waals surface area contributed by atoms with Gasteiger partial charge in [-0.1, -0.05) is 22.9 Å². The van der Waals surface area contributed by atoms with Crippen LogP contribution in [0.5, 0.6) is 0 Å². The molecule has 3 rings (SSSR count). The van der Waals surface area contributed by atoms with E-state index in [1.165, 1.54) is 25.0 Å². The van der Waals surface area contributed by atoms with Crippen molar-refractivity contribution in [3.8, 4) is 0 Å². The highest BCUT2D eigenvalue weighted by atomic mass is 35.5. The van der Waals surface area contributed by atoms with Gasteiger partial charge in [-0.3, -0.25) is 0 Å². The van der Waals surface area contributed by atoms with Crippen LogP contribution in [0.2, 0.25) is 5.02 Å². The van der Waals surface area contributed by atoms with Crippen LogP contribution in [0, 0.1) is 11.7 Å². The SMILES string of the molecule is Fc1ccc(Cn2cc(CNCC3CC3)nn2)c(Cl)c1. The Morgan fingerprint density at radius 3 is 3.00 bits per heavy atom. The molecule has 0 amide bonds. The van der Waals surface area contributed by atoms with Crippen LogP contribution in [0.3, 0.4) is 0 Å². The van der Waals surface area contributed by atoms with E-state index in [4.69, 9.17) is 11.6 Å². The molecule has 2 aromatic rings. The summed E-state index contributed by atoms with van der Waals surface area (Å²) in [5.41, 5.74) is 1.74. The van der Waals surface area contributed by atoms with Gasteiger partial charge < -0.3 is 5.32 Å². The highest BCUT2D eigenvalue weighted by Gasteiger charge is 2.20. The van der Waals surface area contributed by atoms with Crippen molar-refractivity contribution >= 4 is 11.6 Å². The average molecular weight is 295 g/mol. The van der Waals surface area contributed by atoms with E-state index >= 15 is 0 Å². The van der Waals surface area contributed by atoms with Crippen molar-refractivity contribution in [2.75, 3.05) is 6.54 Å². The second kappa shape index (κ2) is 5.89. The first-order valence-electron chi connectivity index (χ1n) is 6.74. The molecule has 1 fully saturated rings. The molecule has 0 unspecified atom stereocenters. The number of hydrogen-bond donors (Lipinski definition) is 1. The van der Waals surface area contributed by atoms with Crippen molar-refractivity contribution in [3.05, 3.63) is 46.5 Å². The summed E-state index contributed by atoms with van der Waals surface area (Å²) in [7, 11) is 0. The predicted molar refractivity (Wildman–Crippen MR) is 75.0 cm³/mol. The summed E-state index contributed by atoms with van der Waals surface area (Å²) in [5, 5.41) is 12.0. The van der Waals surface area contributed by atoms with Gasteiger partial charge in [-0.05, 0) is 43.0 Å². The topological polar surface area (TPSA) is 42.7 Å². The summed E-state index contributed by atoms with van der Waals surface area (Å²) in [6.45, 7) is 2.28. The number of rotatable bonds is 6. The molecule has 106 valence electrons. The van der Waals surface area contributed by atoms with Gasteiger partial charge in [0.1, 0.15) is 5.82 Å². The normalized spacial score (nSPS) is 14.7. The number of nitrogens with one attached hydrogen (secondary N) is 1. The maximum absolute atomic E-state index is 13.0. The molecule has 4 nitrogen and oxygen atoms in total. The molecule has 1 N–H and O–H groups in total. The van der Waals surface area contributed by atoms with Crippen LogP contribution in [0.25, 0.3) is 0 Å². The molecule has 0 aliphatic heterocycles. The zero-order valence-electron chi connectivity index (χ0n) is 11.0. The van der Waals surface area contributed by atoms with E-state index in [9.17, 15) is 4.39 Å². The van der Waals surface area contributed by atoms with E-state index < -0.39 is 0 Å². The Labute approximate surface area is 121 Å². The first kappa shape index (κ1) is 13.5. The van der Waals surface area contributed by atoms with E-state index in [0.29, 0.717) is 11.6 Å². The van der Waals surface area contributed by atoms with Gasteiger partial charge in [0, 0.05) is 11.6 Å². The molecular formula is C14H16ClFN4. The third kappa shape index (κ3) is 3.55. The van der Waals surface area contributed by atoms with E-state index in [1.807, 2.05) is 6.20 Å². The second-order valence-electron chi connectivity index (χ2n) is 5.22. The second-order valence-corrected chi connectivity index (χ2v) is 5.62. The maximum atomic E-state index is 13.0. The third-order valence-corrected chi connectivity index (χ3v) is 3.72. The van der Waals surface area contributed by atoms with Crippen molar-refractivity contribution in [3.63, 3.8) is 0 Å². The summed E-state index contributed by atoms with van der Waals surface area (Å²) in [4.78, 5) is 0. The Hall–Kier alpha value is -1.46. The zero-order chi connectivity index (χ0) is 13.9. The lowest BCUT2D eigenvalue weighted by Gasteiger charge is -2.03. The molecular weight excluding hydrogens is 279 g/mol. The molecule has 1 saturated carbocycles. The van der Waals surface area contributed by atoms with Crippen LogP contribution < -0.4 is 5.32 Å². The van der Waals surface area contributed by atoms with Crippen LogP contribution in [0.15, 0.2) is 24.4 Å². The van der Waals surface area contributed by atoms with Crippen molar-refractivity contribution in [1.82, 2.24) is 20.3 Å². The minimum absolute atomic E-state index is 0.331. The zero-order valence-corrected chi connectivity index (χ0v) is 11.8. The molecule has 20 heavy (non-hydrogen) atoms. The lowest BCUT2D eigenvalue weighted by Crippen LogP contribution is -2.16. The monoisotopic (exact) mass is 294 g/mol. The number of benzene rings is 1. The van der Waals surface area contributed by atoms with Crippen LogP contribution in [0.1, 0.15) is 24.1 Å². The van der Waals surface area contributed by atoms with Gasteiger partial charge in [-0.15, -0.1) is 5.10 Å². The van der Waals surface area contributed by atoms with E-state index in [0.717, 1.165) is 30.3 Å².